The van der Waals surface area contributed by atoms with Crippen LogP contribution in [0, 0.1) is 5.92 Å². The molecule has 0 radical (unpaired) electrons. The van der Waals surface area contributed by atoms with Gasteiger partial charge < -0.3 is 15.1 Å². The summed E-state index contributed by atoms with van der Waals surface area (Å²) in [6.45, 7) is 2.14. The number of hydrazine groups is 1. The van der Waals surface area contributed by atoms with Gasteiger partial charge in [0.15, 0.2) is 5.82 Å². The van der Waals surface area contributed by atoms with Crippen molar-refractivity contribution in [2.45, 2.75) is 6.42 Å². The van der Waals surface area contributed by atoms with Gasteiger partial charge in [-0.25, -0.2) is 15.8 Å². The van der Waals surface area contributed by atoms with Crippen molar-refractivity contribution < 1.29 is 9.53 Å². The normalized spacial score (nSPS) is 19.0. The molecule has 0 aromatic carbocycles. The molecule has 0 aliphatic carbocycles. The molecule has 2 heterocycles. The Labute approximate surface area is 105 Å². The Morgan fingerprint density at radius 2 is 2.44 bits per heavy atom. The maximum atomic E-state index is 12.1. The third-order valence-corrected chi connectivity index (χ3v) is 2.99. The fraction of sp³-hybridized carbons (Fsp3) is 0.545. The highest BCUT2D eigenvalue weighted by Crippen LogP contribution is 2.18. The topological polar surface area (TPSA) is 93.4 Å². The number of amides is 1. The van der Waals surface area contributed by atoms with E-state index in [-0.39, 0.29) is 5.91 Å². The lowest BCUT2D eigenvalue weighted by Crippen LogP contribution is -2.30. The van der Waals surface area contributed by atoms with Gasteiger partial charge in [0.2, 0.25) is 0 Å². The van der Waals surface area contributed by atoms with Crippen molar-refractivity contribution in [2.24, 2.45) is 11.8 Å². The fourth-order valence-electron chi connectivity index (χ4n) is 2.06. The molecule has 7 heteroatoms. The lowest BCUT2D eigenvalue weighted by Gasteiger charge is -2.15. The average Bonchev–Trinajstić information content (AvgIpc) is 2.87. The highest BCUT2D eigenvalue weighted by Gasteiger charge is 2.27. The maximum absolute atomic E-state index is 12.1. The zero-order valence-electron chi connectivity index (χ0n) is 10.3. The predicted octanol–water partition coefficient (Wildman–Crippen LogP) is -0.129. The van der Waals surface area contributed by atoms with Crippen LogP contribution in [0.3, 0.4) is 0 Å². The van der Waals surface area contributed by atoms with E-state index in [4.69, 9.17) is 10.6 Å². The molecule has 98 valence electrons. The van der Waals surface area contributed by atoms with E-state index >= 15 is 0 Å². The second kappa shape index (κ2) is 5.74. The summed E-state index contributed by atoms with van der Waals surface area (Å²) < 4.78 is 5.10. The highest BCUT2D eigenvalue weighted by molar-refractivity contribution is 5.92. The summed E-state index contributed by atoms with van der Waals surface area (Å²) in [5.41, 5.74) is 2.71. The number of nitrogens with two attached hydrogens (primary N) is 1. The number of likely N-dealkylation sites (tertiary alicyclic amines) is 1. The molecular formula is C11H17N5O2. The summed E-state index contributed by atoms with van der Waals surface area (Å²) in [5, 5.41) is 0. The number of methoxy groups -OCH3 is 1. The smallest absolute Gasteiger partial charge is 0.274 e. The third-order valence-electron chi connectivity index (χ3n) is 2.99. The van der Waals surface area contributed by atoms with Crippen LogP contribution in [0.2, 0.25) is 0 Å². The Bertz CT molecular complexity index is 408. The fourth-order valence-corrected chi connectivity index (χ4v) is 2.06. The van der Waals surface area contributed by atoms with Crippen molar-refractivity contribution in [3.05, 3.63) is 18.1 Å². The van der Waals surface area contributed by atoms with Crippen molar-refractivity contribution >= 4 is 11.7 Å². The summed E-state index contributed by atoms with van der Waals surface area (Å²) >= 11 is 0. The molecule has 1 amide bonds. The first-order valence-corrected chi connectivity index (χ1v) is 5.81. The highest BCUT2D eigenvalue weighted by atomic mass is 16.5. The van der Waals surface area contributed by atoms with Gasteiger partial charge in [-0.05, 0) is 6.42 Å². The van der Waals surface area contributed by atoms with Crippen LogP contribution in [0.5, 0.6) is 0 Å². The van der Waals surface area contributed by atoms with Gasteiger partial charge in [0.1, 0.15) is 5.69 Å². The number of ether oxygens (including phenoxy) is 1. The van der Waals surface area contributed by atoms with Crippen LogP contribution in [-0.2, 0) is 4.74 Å². The standard InChI is InChI=1S/C11H17N5O2/c1-18-7-8-2-3-16(6-8)11(17)9-4-14-10(15-12)5-13-9/h4-5,8H,2-3,6-7,12H2,1H3,(H,14,15). The van der Waals surface area contributed by atoms with Gasteiger partial charge in [0, 0.05) is 26.1 Å². The lowest BCUT2D eigenvalue weighted by molar-refractivity contribution is 0.0769. The summed E-state index contributed by atoms with van der Waals surface area (Å²) in [5.74, 6) is 5.94. The minimum Gasteiger partial charge on any atom is -0.384 e. The first kappa shape index (κ1) is 12.7. The summed E-state index contributed by atoms with van der Waals surface area (Å²) in [6, 6.07) is 0. The molecule has 0 spiro atoms. The lowest BCUT2D eigenvalue weighted by atomic mass is 10.1. The van der Waals surface area contributed by atoms with E-state index in [2.05, 4.69) is 15.4 Å². The summed E-state index contributed by atoms with van der Waals surface area (Å²) in [7, 11) is 1.68. The molecule has 1 aromatic heterocycles. The minimum atomic E-state index is -0.0929. The Morgan fingerprint density at radius 1 is 1.61 bits per heavy atom. The van der Waals surface area contributed by atoms with E-state index in [1.165, 1.54) is 12.4 Å². The molecule has 0 saturated carbocycles. The predicted molar refractivity (Wildman–Crippen MR) is 65.7 cm³/mol. The zero-order chi connectivity index (χ0) is 13.0. The average molecular weight is 251 g/mol. The molecule has 2 rings (SSSR count). The largest absolute Gasteiger partial charge is 0.384 e. The number of carbonyl (C=O) groups excluding carboxylic acids is 1. The number of carbonyl (C=O) groups is 1. The van der Waals surface area contributed by atoms with Crippen LogP contribution in [0.25, 0.3) is 0 Å². The van der Waals surface area contributed by atoms with Gasteiger partial charge in [-0.3, -0.25) is 4.79 Å². The van der Waals surface area contributed by atoms with E-state index in [9.17, 15) is 4.79 Å². The van der Waals surface area contributed by atoms with Gasteiger partial charge in [-0.1, -0.05) is 0 Å². The van der Waals surface area contributed by atoms with E-state index in [0.717, 1.165) is 13.0 Å². The molecule has 3 N–H and O–H groups in total. The number of anilines is 1. The molecule has 1 aliphatic rings. The van der Waals surface area contributed by atoms with Gasteiger partial charge in [0.05, 0.1) is 19.0 Å². The number of nitrogen functional groups attached to an aromatic ring is 1. The van der Waals surface area contributed by atoms with Crippen LogP contribution in [-0.4, -0.2) is 47.6 Å². The Kier molecular flexibility index (Phi) is 4.06. The number of nitrogens with zero attached hydrogens (tertiary/aromatic N) is 3. The van der Waals surface area contributed by atoms with Gasteiger partial charge >= 0.3 is 0 Å². The molecular weight excluding hydrogens is 234 g/mol. The molecule has 1 atom stereocenters. The van der Waals surface area contributed by atoms with E-state index in [0.29, 0.717) is 30.6 Å². The molecule has 0 bridgehead atoms. The van der Waals surface area contributed by atoms with Gasteiger partial charge in [-0.2, -0.15) is 0 Å². The zero-order valence-corrected chi connectivity index (χ0v) is 10.3. The second-order valence-electron chi connectivity index (χ2n) is 4.29. The molecule has 18 heavy (non-hydrogen) atoms. The van der Waals surface area contributed by atoms with Crippen molar-refractivity contribution in [3.8, 4) is 0 Å². The number of hydrogen-bond donors (Lipinski definition) is 2. The first-order valence-electron chi connectivity index (χ1n) is 5.81. The SMILES string of the molecule is COCC1CCN(C(=O)c2cnc(NN)cn2)C1. The Balaban J connectivity index is 1.98. The van der Waals surface area contributed by atoms with E-state index in [1.807, 2.05) is 0 Å². The summed E-state index contributed by atoms with van der Waals surface area (Å²) in [6.07, 6.45) is 3.84. The molecule has 1 unspecified atom stereocenters. The molecule has 1 fully saturated rings. The van der Waals surface area contributed by atoms with E-state index < -0.39 is 0 Å². The van der Waals surface area contributed by atoms with Crippen molar-refractivity contribution in [2.75, 3.05) is 32.2 Å². The molecule has 1 aliphatic heterocycles. The first-order chi connectivity index (χ1) is 8.74. The number of nitrogens with one attached hydrogen (secondary N) is 1. The maximum Gasteiger partial charge on any atom is 0.274 e. The minimum absolute atomic E-state index is 0.0929. The number of rotatable bonds is 4. The van der Waals surface area contributed by atoms with Crippen LogP contribution in [0.1, 0.15) is 16.9 Å². The third kappa shape index (κ3) is 2.74. The van der Waals surface area contributed by atoms with Crippen LogP contribution in [0.4, 0.5) is 5.82 Å². The Hall–Kier alpha value is -1.73. The molecule has 1 aromatic rings. The quantitative estimate of drug-likeness (QED) is 0.572. The second-order valence-corrected chi connectivity index (χ2v) is 4.29. The van der Waals surface area contributed by atoms with Crippen LogP contribution < -0.4 is 11.3 Å². The van der Waals surface area contributed by atoms with Gasteiger partial charge in [0.25, 0.3) is 5.91 Å². The number of hydrogen-bond acceptors (Lipinski definition) is 6. The van der Waals surface area contributed by atoms with E-state index in [1.54, 1.807) is 12.0 Å². The van der Waals surface area contributed by atoms with Crippen molar-refractivity contribution in [3.63, 3.8) is 0 Å². The van der Waals surface area contributed by atoms with Crippen LogP contribution >= 0.6 is 0 Å². The van der Waals surface area contributed by atoms with Crippen molar-refractivity contribution in [1.29, 1.82) is 0 Å². The Morgan fingerprint density at radius 3 is 3.06 bits per heavy atom. The number of aromatic nitrogens is 2. The van der Waals surface area contributed by atoms with Crippen molar-refractivity contribution in [1.82, 2.24) is 14.9 Å². The molecule has 7 nitrogen and oxygen atoms in total. The summed E-state index contributed by atoms with van der Waals surface area (Å²) in [4.78, 5) is 21.9. The molecule has 1 saturated heterocycles. The van der Waals surface area contributed by atoms with Gasteiger partial charge in [-0.15, -0.1) is 0 Å². The van der Waals surface area contributed by atoms with Crippen LogP contribution in [0.15, 0.2) is 12.4 Å². The monoisotopic (exact) mass is 251 g/mol.